The lowest BCUT2D eigenvalue weighted by Crippen LogP contribution is -2.26. The van der Waals surface area contributed by atoms with Gasteiger partial charge in [0.25, 0.3) is 5.91 Å². The number of hydrogen-bond donors (Lipinski definition) is 2. The number of nitrogens with one attached hydrogen (secondary N) is 2. The van der Waals surface area contributed by atoms with Crippen molar-refractivity contribution in [3.05, 3.63) is 83.8 Å². The van der Waals surface area contributed by atoms with E-state index in [1.807, 2.05) is 18.2 Å². The maximum atomic E-state index is 12.8. The molecule has 0 bridgehead atoms. The van der Waals surface area contributed by atoms with Crippen LogP contribution in [-0.4, -0.2) is 27.4 Å². The molecular formula is C19H18FN5O. The minimum Gasteiger partial charge on any atom is -0.363 e. The number of rotatable bonds is 7. The first-order chi connectivity index (χ1) is 12.7. The fraction of sp³-hybridized carbons (Fsp3) is 0.158. The van der Waals surface area contributed by atoms with Gasteiger partial charge in [0.2, 0.25) is 0 Å². The second-order valence-electron chi connectivity index (χ2n) is 5.59. The van der Waals surface area contributed by atoms with E-state index in [4.69, 9.17) is 0 Å². The van der Waals surface area contributed by atoms with E-state index in [1.165, 1.54) is 24.5 Å². The first kappa shape index (κ1) is 17.5. The van der Waals surface area contributed by atoms with E-state index in [1.54, 1.807) is 18.3 Å². The maximum Gasteiger partial charge on any atom is 0.271 e. The number of benzene rings is 1. The second-order valence-corrected chi connectivity index (χ2v) is 5.59. The number of pyridine rings is 1. The summed E-state index contributed by atoms with van der Waals surface area (Å²) >= 11 is 0. The molecule has 1 amide bonds. The third kappa shape index (κ3) is 5.07. The van der Waals surface area contributed by atoms with Crippen LogP contribution in [0.2, 0.25) is 0 Å². The van der Waals surface area contributed by atoms with Gasteiger partial charge in [-0.3, -0.25) is 9.78 Å². The summed E-state index contributed by atoms with van der Waals surface area (Å²) < 4.78 is 12.8. The molecule has 0 fully saturated rings. The van der Waals surface area contributed by atoms with E-state index in [2.05, 4.69) is 25.6 Å². The molecule has 0 saturated heterocycles. The Balaban J connectivity index is 1.46. The van der Waals surface area contributed by atoms with Crippen molar-refractivity contribution < 1.29 is 9.18 Å². The van der Waals surface area contributed by atoms with E-state index >= 15 is 0 Å². The van der Waals surface area contributed by atoms with Gasteiger partial charge in [0.05, 0.1) is 24.6 Å². The molecule has 2 heterocycles. The largest absolute Gasteiger partial charge is 0.363 e. The molecule has 3 rings (SSSR count). The minimum atomic E-state index is -0.295. The Labute approximate surface area is 150 Å². The van der Waals surface area contributed by atoms with Crippen molar-refractivity contribution in [1.82, 2.24) is 20.3 Å². The lowest BCUT2D eigenvalue weighted by atomic mass is 10.1. The Morgan fingerprint density at radius 1 is 1.00 bits per heavy atom. The molecule has 7 heteroatoms. The minimum absolute atomic E-state index is 0.243. The average molecular weight is 351 g/mol. The monoisotopic (exact) mass is 351 g/mol. The number of carbonyl (C=O) groups excluding carboxylic acids is 1. The predicted octanol–water partition coefficient (Wildman–Crippen LogP) is 2.60. The highest BCUT2D eigenvalue weighted by Gasteiger charge is 2.07. The molecule has 3 aromatic rings. The highest BCUT2D eigenvalue weighted by Crippen LogP contribution is 2.05. The van der Waals surface area contributed by atoms with Crippen LogP contribution in [0.15, 0.2) is 61.1 Å². The Hall–Kier alpha value is -3.35. The molecule has 0 aliphatic heterocycles. The Kier molecular flexibility index (Phi) is 5.82. The van der Waals surface area contributed by atoms with Crippen LogP contribution in [0, 0.1) is 5.82 Å². The van der Waals surface area contributed by atoms with Crippen molar-refractivity contribution in [2.75, 3.05) is 11.9 Å². The molecule has 0 aliphatic rings. The molecule has 0 radical (unpaired) electrons. The third-order valence-corrected chi connectivity index (χ3v) is 3.67. The summed E-state index contributed by atoms with van der Waals surface area (Å²) in [5.41, 5.74) is 2.08. The van der Waals surface area contributed by atoms with Crippen LogP contribution >= 0.6 is 0 Å². The summed E-state index contributed by atoms with van der Waals surface area (Å²) in [7, 11) is 0. The molecule has 0 atom stereocenters. The van der Waals surface area contributed by atoms with Crippen molar-refractivity contribution in [3.8, 4) is 0 Å². The van der Waals surface area contributed by atoms with E-state index < -0.39 is 0 Å². The smallest absolute Gasteiger partial charge is 0.271 e. The van der Waals surface area contributed by atoms with Crippen LogP contribution in [0.4, 0.5) is 10.2 Å². The summed E-state index contributed by atoms with van der Waals surface area (Å²) in [6.45, 7) is 0.963. The van der Waals surface area contributed by atoms with E-state index in [0.29, 0.717) is 25.3 Å². The van der Waals surface area contributed by atoms with Gasteiger partial charge in [0.15, 0.2) is 0 Å². The number of carbonyl (C=O) groups is 1. The second kappa shape index (κ2) is 8.66. The molecule has 1 aromatic carbocycles. The van der Waals surface area contributed by atoms with Crippen LogP contribution in [0.3, 0.4) is 0 Å². The Bertz CT molecular complexity index is 838. The van der Waals surface area contributed by atoms with Crippen molar-refractivity contribution in [2.45, 2.75) is 13.0 Å². The zero-order valence-corrected chi connectivity index (χ0v) is 14.0. The molecule has 2 N–H and O–H groups in total. The molecule has 26 heavy (non-hydrogen) atoms. The van der Waals surface area contributed by atoms with Gasteiger partial charge in [-0.05, 0) is 36.2 Å². The van der Waals surface area contributed by atoms with Gasteiger partial charge in [0, 0.05) is 12.7 Å². The number of nitrogens with zero attached hydrogens (tertiary/aromatic N) is 3. The quantitative estimate of drug-likeness (QED) is 0.684. The highest BCUT2D eigenvalue weighted by atomic mass is 19.1. The molecule has 0 saturated carbocycles. The van der Waals surface area contributed by atoms with Crippen LogP contribution in [0.25, 0.3) is 0 Å². The predicted molar refractivity (Wildman–Crippen MR) is 96.0 cm³/mol. The standard InChI is InChI=1S/C19H18FN5O/c20-15-6-4-14(5-7-15)8-10-22-19(26)17-12-25-18(13-23-17)24-11-16-3-1-2-9-21-16/h1-7,9,12-13H,8,10-11H2,(H,22,26)(H,24,25). The summed E-state index contributed by atoms with van der Waals surface area (Å²) in [6.07, 6.45) is 5.27. The summed E-state index contributed by atoms with van der Waals surface area (Å²) in [4.78, 5) is 24.6. The molecule has 0 spiro atoms. The third-order valence-electron chi connectivity index (χ3n) is 3.67. The lowest BCUT2D eigenvalue weighted by molar-refractivity contribution is 0.0949. The number of hydrogen-bond acceptors (Lipinski definition) is 5. The fourth-order valence-corrected chi connectivity index (χ4v) is 2.28. The summed E-state index contributed by atoms with van der Waals surface area (Å²) in [5.74, 6) is -0.000734. The zero-order chi connectivity index (χ0) is 18.2. The normalized spacial score (nSPS) is 10.3. The first-order valence-electron chi connectivity index (χ1n) is 8.19. The average Bonchev–Trinajstić information content (AvgIpc) is 2.69. The van der Waals surface area contributed by atoms with Crippen LogP contribution in [0.1, 0.15) is 21.7 Å². The fourth-order valence-electron chi connectivity index (χ4n) is 2.28. The first-order valence-corrected chi connectivity index (χ1v) is 8.19. The van der Waals surface area contributed by atoms with E-state index in [-0.39, 0.29) is 17.4 Å². The SMILES string of the molecule is O=C(NCCc1ccc(F)cc1)c1cnc(NCc2ccccn2)cn1. The van der Waals surface area contributed by atoms with Crippen molar-refractivity contribution in [3.63, 3.8) is 0 Å². The lowest BCUT2D eigenvalue weighted by Gasteiger charge is -2.07. The van der Waals surface area contributed by atoms with Gasteiger partial charge in [-0.1, -0.05) is 18.2 Å². The van der Waals surface area contributed by atoms with Crippen LogP contribution in [-0.2, 0) is 13.0 Å². The van der Waals surface area contributed by atoms with E-state index in [0.717, 1.165) is 11.3 Å². The molecule has 0 aliphatic carbocycles. The molecule has 0 unspecified atom stereocenters. The Morgan fingerprint density at radius 2 is 1.85 bits per heavy atom. The van der Waals surface area contributed by atoms with Gasteiger partial charge in [-0.2, -0.15) is 0 Å². The zero-order valence-electron chi connectivity index (χ0n) is 14.0. The van der Waals surface area contributed by atoms with Gasteiger partial charge >= 0.3 is 0 Å². The topological polar surface area (TPSA) is 79.8 Å². The number of anilines is 1. The van der Waals surface area contributed by atoms with Crippen LogP contribution < -0.4 is 10.6 Å². The molecular weight excluding hydrogens is 333 g/mol. The molecule has 132 valence electrons. The van der Waals surface area contributed by atoms with Crippen molar-refractivity contribution >= 4 is 11.7 Å². The van der Waals surface area contributed by atoms with Gasteiger partial charge in [-0.15, -0.1) is 0 Å². The Morgan fingerprint density at radius 3 is 2.54 bits per heavy atom. The summed E-state index contributed by atoms with van der Waals surface area (Å²) in [6, 6.07) is 11.9. The van der Waals surface area contributed by atoms with Gasteiger partial charge in [0.1, 0.15) is 17.3 Å². The molecule has 6 nitrogen and oxygen atoms in total. The van der Waals surface area contributed by atoms with Gasteiger partial charge < -0.3 is 10.6 Å². The summed E-state index contributed by atoms with van der Waals surface area (Å²) in [5, 5.41) is 5.87. The maximum absolute atomic E-state index is 12.8. The van der Waals surface area contributed by atoms with Crippen molar-refractivity contribution in [2.24, 2.45) is 0 Å². The number of amides is 1. The van der Waals surface area contributed by atoms with Crippen molar-refractivity contribution in [1.29, 1.82) is 0 Å². The number of halogens is 1. The highest BCUT2D eigenvalue weighted by molar-refractivity contribution is 5.91. The number of aromatic nitrogens is 3. The van der Waals surface area contributed by atoms with Gasteiger partial charge in [-0.25, -0.2) is 14.4 Å². The van der Waals surface area contributed by atoms with E-state index in [9.17, 15) is 9.18 Å². The molecule has 2 aromatic heterocycles. The van der Waals surface area contributed by atoms with Crippen LogP contribution in [0.5, 0.6) is 0 Å².